The van der Waals surface area contributed by atoms with Crippen LogP contribution >= 0.6 is 0 Å². The second-order valence-electron chi connectivity index (χ2n) is 3.99. The zero-order valence-corrected chi connectivity index (χ0v) is 11.2. The predicted octanol–water partition coefficient (Wildman–Crippen LogP) is 1.06. The SMILES string of the molecule is CN(CCC#N)S(=O)(=O)Cc1cccc(C(=O)O)c1. The van der Waals surface area contributed by atoms with Gasteiger partial charge in [0, 0.05) is 20.0 Å². The van der Waals surface area contributed by atoms with Crippen molar-refractivity contribution < 1.29 is 18.3 Å². The molecule has 0 saturated heterocycles. The molecule has 0 saturated carbocycles. The smallest absolute Gasteiger partial charge is 0.335 e. The number of aromatic carboxylic acids is 1. The van der Waals surface area contributed by atoms with E-state index in [0.717, 1.165) is 4.31 Å². The summed E-state index contributed by atoms with van der Waals surface area (Å²) < 4.78 is 25.0. The molecule has 0 aliphatic heterocycles. The summed E-state index contributed by atoms with van der Waals surface area (Å²) in [5.74, 6) is -1.38. The summed E-state index contributed by atoms with van der Waals surface area (Å²) >= 11 is 0. The maximum atomic E-state index is 12.0. The molecule has 0 radical (unpaired) electrons. The number of carboxylic acids is 1. The molecular weight excluding hydrogens is 268 g/mol. The molecule has 0 amide bonds. The fourth-order valence-corrected chi connectivity index (χ4v) is 2.65. The molecule has 0 atom stereocenters. The fraction of sp³-hybridized carbons (Fsp3) is 0.333. The second-order valence-corrected chi connectivity index (χ2v) is 6.07. The topological polar surface area (TPSA) is 98.5 Å². The number of rotatable bonds is 6. The molecule has 102 valence electrons. The summed E-state index contributed by atoms with van der Waals surface area (Å²) in [5.41, 5.74) is 0.455. The molecule has 1 rings (SSSR count). The largest absolute Gasteiger partial charge is 0.478 e. The van der Waals surface area contributed by atoms with Crippen LogP contribution in [0.1, 0.15) is 22.3 Å². The van der Waals surface area contributed by atoms with E-state index < -0.39 is 16.0 Å². The van der Waals surface area contributed by atoms with Crippen LogP contribution in [-0.2, 0) is 15.8 Å². The third kappa shape index (κ3) is 4.35. The Morgan fingerprint density at radius 1 is 1.47 bits per heavy atom. The van der Waals surface area contributed by atoms with Crippen LogP contribution in [0.4, 0.5) is 0 Å². The van der Waals surface area contributed by atoms with Crippen molar-refractivity contribution in [2.24, 2.45) is 0 Å². The Hall–Kier alpha value is -1.91. The summed E-state index contributed by atoms with van der Waals surface area (Å²) in [6, 6.07) is 7.67. The summed E-state index contributed by atoms with van der Waals surface area (Å²) in [4.78, 5) is 10.8. The van der Waals surface area contributed by atoms with Crippen molar-refractivity contribution in [3.8, 4) is 6.07 Å². The first kappa shape index (κ1) is 15.1. The van der Waals surface area contributed by atoms with E-state index >= 15 is 0 Å². The van der Waals surface area contributed by atoms with Crippen LogP contribution in [0.2, 0.25) is 0 Å². The third-order valence-corrected chi connectivity index (χ3v) is 4.37. The molecule has 19 heavy (non-hydrogen) atoms. The Balaban J connectivity index is 2.87. The quantitative estimate of drug-likeness (QED) is 0.841. The Bertz CT molecular complexity index is 604. The van der Waals surface area contributed by atoms with Crippen LogP contribution in [0.15, 0.2) is 24.3 Å². The molecular formula is C12H14N2O4S. The normalized spacial score (nSPS) is 11.2. The monoisotopic (exact) mass is 282 g/mol. The minimum absolute atomic E-state index is 0.0485. The van der Waals surface area contributed by atoms with E-state index in [2.05, 4.69) is 0 Å². The van der Waals surface area contributed by atoms with E-state index in [-0.39, 0.29) is 24.3 Å². The van der Waals surface area contributed by atoms with E-state index in [9.17, 15) is 13.2 Å². The highest BCUT2D eigenvalue weighted by Crippen LogP contribution is 2.12. The Labute approximate surface area is 111 Å². The maximum Gasteiger partial charge on any atom is 0.335 e. The van der Waals surface area contributed by atoms with Gasteiger partial charge in [0.2, 0.25) is 10.0 Å². The lowest BCUT2D eigenvalue weighted by Gasteiger charge is -2.15. The van der Waals surface area contributed by atoms with Crippen LogP contribution < -0.4 is 0 Å². The van der Waals surface area contributed by atoms with Gasteiger partial charge in [0.25, 0.3) is 0 Å². The van der Waals surface area contributed by atoms with Crippen molar-refractivity contribution in [3.05, 3.63) is 35.4 Å². The van der Waals surface area contributed by atoms with Crippen molar-refractivity contribution in [2.45, 2.75) is 12.2 Å². The highest BCUT2D eigenvalue weighted by atomic mass is 32.2. The Morgan fingerprint density at radius 3 is 2.74 bits per heavy atom. The first-order valence-electron chi connectivity index (χ1n) is 5.50. The lowest BCUT2D eigenvalue weighted by atomic mass is 10.1. The highest BCUT2D eigenvalue weighted by molar-refractivity contribution is 7.88. The molecule has 0 heterocycles. The first-order chi connectivity index (χ1) is 8.86. The zero-order valence-electron chi connectivity index (χ0n) is 10.4. The van der Waals surface area contributed by atoms with Crippen LogP contribution in [0.25, 0.3) is 0 Å². The molecule has 0 fully saturated rings. The average Bonchev–Trinajstić information content (AvgIpc) is 2.35. The van der Waals surface area contributed by atoms with Gasteiger partial charge in [-0.25, -0.2) is 17.5 Å². The minimum Gasteiger partial charge on any atom is -0.478 e. The number of nitriles is 1. The maximum absolute atomic E-state index is 12.0. The molecule has 0 aromatic heterocycles. The van der Waals surface area contributed by atoms with Crippen LogP contribution in [0.3, 0.4) is 0 Å². The molecule has 0 aliphatic rings. The van der Waals surface area contributed by atoms with Crippen molar-refractivity contribution in [1.82, 2.24) is 4.31 Å². The molecule has 1 aromatic carbocycles. The van der Waals surface area contributed by atoms with Gasteiger partial charge in [0.15, 0.2) is 0 Å². The Morgan fingerprint density at radius 2 is 2.16 bits per heavy atom. The van der Waals surface area contributed by atoms with E-state index in [4.69, 9.17) is 10.4 Å². The number of carbonyl (C=O) groups is 1. The van der Waals surface area contributed by atoms with E-state index in [1.807, 2.05) is 6.07 Å². The molecule has 0 unspecified atom stereocenters. The number of benzene rings is 1. The van der Waals surface area contributed by atoms with Gasteiger partial charge in [0.05, 0.1) is 17.4 Å². The fourth-order valence-electron chi connectivity index (χ4n) is 1.46. The number of hydrogen-bond donors (Lipinski definition) is 1. The molecule has 0 bridgehead atoms. The van der Waals surface area contributed by atoms with Gasteiger partial charge in [-0.05, 0) is 17.7 Å². The number of sulfonamides is 1. The van der Waals surface area contributed by atoms with Crippen LogP contribution in [0.5, 0.6) is 0 Å². The van der Waals surface area contributed by atoms with Gasteiger partial charge in [-0.3, -0.25) is 0 Å². The molecule has 0 aliphatic carbocycles. The molecule has 1 aromatic rings. The van der Waals surface area contributed by atoms with Gasteiger partial charge < -0.3 is 5.11 Å². The van der Waals surface area contributed by atoms with Crippen molar-refractivity contribution in [3.63, 3.8) is 0 Å². The number of nitrogens with zero attached hydrogens (tertiary/aromatic N) is 2. The first-order valence-corrected chi connectivity index (χ1v) is 7.11. The van der Waals surface area contributed by atoms with Gasteiger partial charge in [-0.1, -0.05) is 12.1 Å². The average molecular weight is 282 g/mol. The van der Waals surface area contributed by atoms with Crippen LogP contribution in [-0.4, -0.2) is 37.4 Å². The summed E-state index contributed by atoms with van der Waals surface area (Å²) in [7, 11) is -2.14. The van der Waals surface area contributed by atoms with Gasteiger partial charge >= 0.3 is 5.97 Å². The van der Waals surface area contributed by atoms with Crippen LogP contribution in [0, 0.1) is 11.3 Å². The van der Waals surface area contributed by atoms with Gasteiger partial charge in [-0.15, -0.1) is 0 Å². The molecule has 6 nitrogen and oxygen atoms in total. The summed E-state index contributed by atoms with van der Waals surface area (Å²) in [6.45, 7) is 0.122. The van der Waals surface area contributed by atoms with E-state index in [1.54, 1.807) is 6.07 Å². The standard InChI is InChI=1S/C12H14N2O4S/c1-14(7-3-6-13)19(17,18)9-10-4-2-5-11(8-10)12(15)16/h2,4-5,8H,3,7,9H2,1H3,(H,15,16). The second kappa shape index (κ2) is 6.31. The lowest BCUT2D eigenvalue weighted by molar-refractivity contribution is 0.0696. The molecule has 7 heteroatoms. The van der Waals surface area contributed by atoms with Gasteiger partial charge in [-0.2, -0.15) is 5.26 Å². The van der Waals surface area contributed by atoms with Gasteiger partial charge in [0.1, 0.15) is 0 Å². The highest BCUT2D eigenvalue weighted by Gasteiger charge is 2.18. The number of hydrogen-bond acceptors (Lipinski definition) is 4. The molecule has 1 N–H and O–H groups in total. The predicted molar refractivity (Wildman–Crippen MR) is 68.9 cm³/mol. The van der Waals surface area contributed by atoms with Crippen molar-refractivity contribution in [2.75, 3.05) is 13.6 Å². The van der Waals surface area contributed by atoms with E-state index in [0.29, 0.717) is 5.56 Å². The minimum atomic E-state index is -3.54. The summed E-state index contributed by atoms with van der Waals surface area (Å²) in [6.07, 6.45) is 0.116. The van der Waals surface area contributed by atoms with Crippen molar-refractivity contribution in [1.29, 1.82) is 5.26 Å². The third-order valence-electron chi connectivity index (χ3n) is 2.54. The molecule has 0 spiro atoms. The Kier molecular flexibility index (Phi) is 5.03. The lowest BCUT2D eigenvalue weighted by Crippen LogP contribution is -2.29. The summed E-state index contributed by atoms with van der Waals surface area (Å²) in [5, 5.41) is 17.3. The van der Waals surface area contributed by atoms with E-state index in [1.165, 1.54) is 25.2 Å². The van der Waals surface area contributed by atoms with Crippen molar-refractivity contribution >= 4 is 16.0 Å². The number of carboxylic acid groups (broad SMARTS) is 1. The zero-order chi connectivity index (χ0) is 14.5.